The molecule has 1 aromatic heterocycles. The van der Waals surface area contributed by atoms with Crippen LogP contribution < -0.4 is 9.64 Å². The number of aromatic nitrogens is 1. The molecule has 0 radical (unpaired) electrons. The summed E-state index contributed by atoms with van der Waals surface area (Å²) < 4.78 is 20.9. The van der Waals surface area contributed by atoms with Crippen LogP contribution in [0.1, 0.15) is 11.3 Å². The summed E-state index contributed by atoms with van der Waals surface area (Å²) in [6.45, 7) is 0.719. The number of aliphatic imine (C=N–C) groups is 1. The molecule has 0 N–H and O–H groups in total. The van der Waals surface area contributed by atoms with Gasteiger partial charge >= 0.3 is 0 Å². The summed E-state index contributed by atoms with van der Waals surface area (Å²) in [5, 5.41) is 1.11. The number of halogens is 3. The first-order valence-corrected chi connectivity index (χ1v) is 9.08. The maximum absolute atomic E-state index is 13.3. The van der Waals surface area contributed by atoms with Crippen molar-refractivity contribution in [2.45, 2.75) is 6.61 Å². The topological polar surface area (TPSA) is 29.8 Å². The van der Waals surface area contributed by atoms with Crippen LogP contribution in [0.15, 0.2) is 53.5 Å². The highest BCUT2D eigenvalue weighted by molar-refractivity contribution is 6.32. The van der Waals surface area contributed by atoms with Crippen molar-refractivity contribution in [3.63, 3.8) is 0 Å². The van der Waals surface area contributed by atoms with E-state index in [0.717, 1.165) is 22.6 Å². The zero-order chi connectivity index (χ0) is 19.0. The van der Waals surface area contributed by atoms with E-state index in [0.29, 0.717) is 22.6 Å². The Hall–Kier alpha value is -2.50. The molecule has 4 nitrogen and oxygen atoms in total. The van der Waals surface area contributed by atoms with Gasteiger partial charge in [-0.1, -0.05) is 35.3 Å². The summed E-state index contributed by atoms with van der Waals surface area (Å²) in [7, 11) is 1.90. The summed E-state index contributed by atoms with van der Waals surface area (Å²) >= 11 is 12.7. The van der Waals surface area contributed by atoms with Crippen molar-refractivity contribution in [3.8, 4) is 5.75 Å². The van der Waals surface area contributed by atoms with Gasteiger partial charge in [0.1, 0.15) is 30.0 Å². The molecule has 0 unspecified atom stereocenters. The molecule has 0 atom stereocenters. The normalized spacial score (nSPS) is 13.0. The lowest BCUT2D eigenvalue weighted by molar-refractivity contribution is 0.306. The van der Waals surface area contributed by atoms with E-state index in [1.807, 2.05) is 40.9 Å². The zero-order valence-corrected chi connectivity index (χ0v) is 16.0. The quantitative estimate of drug-likeness (QED) is 0.569. The van der Waals surface area contributed by atoms with Gasteiger partial charge in [-0.3, -0.25) is 4.99 Å². The standard InChI is InChI=1S/C20H16Cl2FN3O/c1-25-18-10-24-12-26(17(18)9-20(25)22)15-5-6-19(16(21)8-15)27-11-13-3-2-4-14(23)7-13/h2-10H,11-12H2,1H3. The lowest BCUT2D eigenvalue weighted by Gasteiger charge is -2.26. The van der Waals surface area contributed by atoms with Crippen LogP contribution in [0.2, 0.25) is 10.2 Å². The van der Waals surface area contributed by atoms with Crippen LogP contribution in [0.4, 0.5) is 15.8 Å². The minimum Gasteiger partial charge on any atom is -0.487 e. The van der Waals surface area contributed by atoms with Gasteiger partial charge in [-0.15, -0.1) is 0 Å². The molecule has 0 fully saturated rings. The zero-order valence-electron chi connectivity index (χ0n) is 14.5. The molecule has 7 heteroatoms. The molecule has 0 saturated carbocycles. The monoisotopic (exact) mass is 403 g/mol. The van der Waals surface area contributed by atoms with E-state index in [4.69, 9.17) is 27.9 Å². The fraction of sp³-hybridized carbons (Fsp3) is 0.150. The predicted molar refractivity (Wildman–Crippen MR) is 107 cm³/mol. The summed E-state index contributed by atoms with van der Waals surface area (Å²) in [5.41, 5.74) is 3.54. The molecule has 0 bridgehead atoms. The second-order valence-corrected chi connectivity index (χ2v) is 7.01. The average molecular weight is 404 g/mol. The number of hydrogen-bond donors (Lipinski definition) is 0. The van der Waals surface area contributed by atoms with Crippen molar-refractivity contribution in [1.29, 1.82) is 0 Å². The second kappa shape index (κ2) is 7.25. The number of hydrogen-bond acceptors (Lipinski definition) is 3. The van der Waals surface area contributed by atoms with Crippen LogP contribution in [0.5, 0.6) is 5.75 Å². The first kappa shape index (κ1) is 17.9. The lowest BCUT2D eigenvalue weighted by atomic mass is 10.2. The second-order valence-electron chi connectivity index (χ2n) is 6.21. The number of benzene rings is 2. The van der Waals surface area contributed by atoms with E-state index < -0.39 is 0 Å². The molecular weight excluding hydrogens is 388 g/mol. The maximum atomic E-state index is 13.3. The SMILES string of the molecule is Cn1c(Cl)cc2c1C=NCN2c1ccc(OCc2cccc(F)c2)c(Cl)c1. The van der Waals surface area contributed by atoms with Crippen molar-refractivity contribution in [2.24, 2.45) is 12.0 Å². The number of anilines is 2. The van der Waals surface area contributed by atoms with Crippen LogP contribution in [-0.4, -0.2) is 17.5 Å². The van der Waals surface area contributed by atoms with Gasteiger partial charge in [0.05, 0.1) is 16.4 Å². The number of rotatable bonds is 4. The molecule has 1 aliphatic heterocycles. The van der Waals surface area contributed by atoms with Gasteiger partial charge in [-0.05, 0) is 42.0 Å². The predicted octanol–water partition coefficient (Wildman–Crippen LogP) is 5.58. The Kier molecular flexibility index (Phi) is 4.81. The maximum Gasteiger partial charge on any atom is 0.138 e. The minimum atomic E-state index is -0.291. The summed E-state index contributed by atoms with van der Waals surface area (Å²) in [6.07, 6.45) is 1.82. The van der Waals surface area contributed by atoms with Crippen molar-refractivity contribution in [3.05, 3.63) is 75.8 Å². The fourth-order valence-corrected chi connectivity index (χ4v) is 3.43. The summed E-state index contributed by atoms with van der Waals surface area (Å²) in [6, 6.07) is 13.7. The Balaban J connectivity index is 1.56. The van der Waals surface area contributed by atoms with E-state index in [-0.39, 0.29) is 12.4 Å². The molecule has 0 saturated heterocycles. The van der Waals surface area contributed by atoms with Gasteiger partial charge in [0.2, 0.25) is 0 Å². The van der Waals surface area contributed by atoms with Crippen LogP contribution in [0.25, 0.3) is 0 Å². The number of ether oxygens (including phenoxy) is 1. The Morgan fingerprint density at radius 1 is 1.15 bits per heavy atom. The Bertz CT molecular complexity index is 1030. The molecular formula is C20H16Cl2FN3O. The average Bonchev–Trinajstić information content (AvgIpc) is 2.95. The molecule has 0 amide bonds. The number of nitrogens with zero attached hydrogens (tertiary/aromatic N) is 3. The van der Waals surface area contributed by atoms with Crippen LogP contribution in [-0.2, 0) is 13.7 Å². The lowest BCUT2D eigenvalue weighted by Crippen LogP contribution is -2.22. The van der Waals surface area contributed by atoms with E-state index in [1.54, 1.807) is 18.2 Å². The third-order valence-corrected chi connectivity index (χ3v) is 5.10. The Morgan fingerprint density at radius 3 is 2.78 bits per heavy atom. The molecule has 4 rings (SSSR count). The van der Waals surface area contributed by atoms with Crippen LogP contribution in [0, 0.1) is 5.82 Å². The molecule has 0 aliphatic carbocycles. The van der Waals surface area contributed by atoms with Crippen molar-refractivity contribution >= 4 is 40.8 Å². The molecule has 2 aromatic carbocycles. The smallest absolute Gasteiger partial charge is 0.138 e. The largest absolute Gasteiger partial charge is 0.487 e. The van der Waals surface area contributed by atoms with Gasteiger partial charge in [0, 0.05) is 18.9 Å². The highest BCUT2D eigenvalue weighted by Gasteiger charge is 2.21. The van der Waals surface area contributed by atoms with Gasteiger partial charge < -0.3 is 14.2 Å². The summed E-state index contributed by atoms with van der Waals surface area (Å²) in [4.78, 5) is 6.43. The van der Waals surface area contributed by atoms with Crippen LogP contribution in [0.3, 0.4) is 0 Å². The van der Waals surface area contributed by atoms with E-state index in [1.165, 1.54) is 12.1 Å². The third-order valence-electron chi connectivity index (χ3n) is 4.44. The molecule has 3 aromatic rings. The Labute approximate surface area is 166 Å². The molecule has 0 spiro atoms. The van der Waals surface area contributed by atoms with Gasteiger partial charge in [-0.2, -0.15) is 0 Å². The first-order chi connectivity index (χ1) is 13.0. The van der Waals surface area contributed by atoms with Crippen molar-refractivity contribution in [1.82, 2.24) is 4.57 Å². The highest BCUT2D eigenvalue weighted by Crippen LogP contribution is 2.37. The third kappa shape index (κ3) is 3.53. The van der Waals surface area contributed by atoms with E-state index >= 15 is 0 Å². The van der Waals surface area contributed by atoms with Gasteiger partial charge in [0.15, 0.2) is 0 Å². The molecule has 27 heavy (non-hydrogen) atoms. The molecule has 1 aliphatic rings. The first-order valence-electron chi connectivity index (χ1n) is 8.32. The van der Waals surface area contributed by atoms with Crippen LogP contribution >= 0.6 is 23.2 Å². The molecule has 2 heterocycles. The van der Waals surface area contributed by atoms with Gasteiger partial charge in [0.25, 0.3) is 0 Å². The van der Waals surface area contributed by atoms with E-state index in [2.05, 4.69) is 4.99 Å². The summed E-state index contributed by atoms with van der Waals surface area (Å²) in [5.74, 6) is 0.247. The molecule has 138 valence electrons. The van der Waals surface area contributed by atoms with Crippen molar-refractivity contribution in [2.75, 3.05) is 11.6 Å². The van der Waals surface area contributed by atoms with E-state index in [9.17, 15) is 4.39 Å². The highest BCUT2D eigenvalue weighted by atomic mass is 35.5. The van der Waals surface area contributed by atoms with Crippen molar-refractivity contribution < 1.29 is 9.13 Å². The minimum absolute atomic E-state index is 0.239. The van der Waals surface area contributed by atoms with Gasteiger partial charge in [-0.25, -0.2) is 4.39 Å². The fourth-order valence-electron chi connectivity index (χ4n) is 3.01. The Morgan fingerprint density at radius 2 is 2.00 bits per heavy atom. The number of fused-ring (bicyclic) bond motifs is 1.